The number of esters is 1. The number of hydrogen-bond donors (Lipinski definition) is 4. The van der Waals surface area contributed by atoms with Gasteiger partial charge in [0.05, 0.1) is 0 Å². The van der Waals surface area contributed by atoms with Crippen LogP contribution in [0.2, 0.25) is 0 Å². The van der Waals surface area contributed by atoms with Crippen molar-refractivity contribution in [2.45, 2.75) is 77.2 Å². The van der Waals surface area contributed by atoms with Crippen molar-refractivity contribution in [2.24, 2.45) is 11.7 Å². The minimum absolute atomic E-state index is 0.293. The minimum Gasteiger partial charge on any atom is -0.461 e. The van der Waals surface area contributed by atoms with Crippen molar-refractivity contribution in [3.63, 3.8) is 0 Å². The van der Waals surface area contributed by atoms with Gasteiger partial charge in [0, 0.05) is 18.0 Å². The summed E-state index contributed by atoms with van der Waals surface area (Å²) in [5.74, 6) is -1.62. The number of alkyl carbamates (subject to hydrolysis) is 1. The molecule has 2 rings (SSSR count). The quantitative estimate of drug-likeness (QED) is 0.391. The second kappa shape index (κ2) is 10.3. The van der Waals surface area contributed by atoms with Crippen LogP contribution in [-0.4, -0.2) is 75.9 Å². The maximum absolute atomic E-state index is 12.6. The largest absolute Gasteiger partial charge is 0.461 e. The summed E-state index contributed by atoms with van der Waals surface area (Å²) in [6.07, 6.45) is -0.385. The van der Waals surface area contributed by atoms with Crippen LogP contribution in [0.1, 0.15) is 41.0 Å². The maximum Gasteiger partial charge on any atom is 0.408 e. The average Bonchev–Trinajstić information content (AvgIpc) is 2.97. The summed E-state index contributed by atoms with van der Waals surface area (Å²) in [4.78, 5) is 37.4. The lowest BCUT2D eigenvalue weighted by Gasteiger charge is -2.28. The molecule has 2 aliphatic heterocycles. The summed E-state index contributed by atoms with van der Waals surface area (Å²) in [5, 5.41) is 23.2. The van der Waals surface area contributed by atoms with Crippen LogP contribution in [0.3, 0.4) is 0 Å². The number of rotatable bonds is 7. The van der Waals surface area contributed by atoms with E-state index in [9.17, 15) is 24.6 Å². The molecule has 1 fully saturated rings. The van der Waals surface area contributed by atoms with E-state index in [0.717, 1.165) is 0 Å². The van der Waals surface area contributed by atoms with Crippen molar-refractivity contribution in [1.29, 1.82) is 0 Å². The molecule has 2 heterocycles. The van der Waals surface area contributed by atoms with Crippen LogP contribution >= 0.6 is 0 Å². The van der Waals surface area contributed by atoms with Crippen molar-refractivity contribution in [2.75, 3.05) is 6.61 Å². The normalized spacial score (nSPS) is 26.5. The van der Waals surface area contributed by atoms with Gasteiger partial charge in [0.2, 0.25) is 5.91 Å². The zero-order valence-electron chi connectivity index (χ0n) is 19.0. The average molecular weight is 456 g/mol. The Kier molecular flexibility index (Phi) is 8.27. The Hall–Kier alpha value is -2.63. The van der Waals surface area contributed by atoms with E-state index in [4.69, 9.17) is 19.9 Å². The molecule has 0 aromatic heterocycles. The second-order valence-corrected chi connectivity index (χ2v) is 9.10. The van der Waals surface area contributed by atoms with Crippen LogP contribution in [0.4, 0.5) is 4.79 Å². The first-order valence-corrected chi connectivity index (χ1v) is 10.4. The van der Waals surface area contributed by atoms with E-state index in [1.807, 2.05) is 0 Å². The lowest BCUT2D eigenvalue weighted by atomic mass is 10.0. The summed E-state index contributed by atoms with van der Waals surface area (Å²) in [6.45, 7) is 8.22. The molecule has 0 aromatic carbocycles. The predicted octanol–water partition coefficient (Wildman–Crippen LogP) is 0.114. The zero-order chi connectivity index (χ0) is 24.2. The van der Waals surface area contributed by atoms with E-state index in [0.29, 0.717) is 12.0 Å². The summed E-state index contributed by atoms with van der Waals surface area (Å²) in [5.41, 5.74) is 4.89. The SMILES string of the molecule is CC(C)[C@H](NC(=O)OC(C)(C)C)C(=O)OC[C@H]1O[C@@H](N2C=CCC(C(N)=O)=C2)[C@H](O)[C@@H]1O. The lowest BCUT2D eigenvalue weighted by Crippen LogP contribution is -2.48. The minimum atomic E-state index is -1.34. The van der Waals surface area contributed by atoms with E-state index in [1.165, 1.54) is 11.1 Å². The summed E-state index contributed by atoms with van der Waals surface area (Å²) >= 11 is 0. The molecule has 32 heavy (non-hydrogen) atoms. The Morgan fingerprint density at radius 1 is 1.28 bits per heavy atom. The molecule has 0 bridgehead atoms. The van der Waals surface area contributed by atoms with E-state index in [1.54, 1.807) is 46.9 Å². The van der Waals surface area contributed by atoms with Crippen LogP contribution in [0.5, 0.6) is 0 Å². The number of amides is 2. The van der Waals surface area contributed by atoms with E-state index < -0.39 is 54.2 Å². The third-order valence-electron chi connectivity index (χ3n) is 4.85. The summed E-state index contributed by atoms with van der Waals surface area (Å²) < 4.78 is 16.1. The number of hydrogen-bond acceptors (Lipinski definition) is 9. The molecule has 0 saturated carbocycles. The molecule has 11 nitrogen and oxygen atoms in total. The van der Waals surface area contributed by atoms with Crippen LogP contribution < -0.4 is 11.1 Å². The second-order valence-electron chi connectivity index (χ2n) is 9.10. The molecule has 2 aliphatic rings. The zero-order valence-corrected chi connectivity index (χ0v) is 19.0. The van der Waals surface area contributed by atoms with Gasteiger partial charge in [-0.2, -0.15) is 0 Å². The molecular formula is C21H33N3O8. The fraction of sp³-hybridized carbons (Fsp3) is 0.667. The Morgan fingerprint density at radius 3 is 2.50 bits per heavy atom. The first kappa shape index (κ1) is 25.6. The van der Waals surface area contributed by atoms with Gasteiger partial charge in [-0.1, -0.05) is 19.9 Å². The highest BCUT2D eigenvalue weighted by Gasteiger charge is 2.46. The van der Waals surface area contributed by atoms with Gasteiger partial charge in [-0.3, -0.25) is 4.79 Å². The van der Waals surface area contributed by atoms with Gasteiger partial charge in [0.1, 0.15) is 36.6 Å². The third kappa shape index (κ3) is 6.68. The molecule has 2 amide bonds. The molecule has 0 aliphatic carbocycles. The molecular weight excluding hydrogens is 422 g/mol. The molecule has 5 atom stereocenters. The van der Waals surface area contributed by atoms with E-state index in [2.05, 4.69) is 5.32 Å². The maximum atomic E-state index is 12.6. The van der Waals surface area contributed by atoms with Gasteiger partial charge in [-0.25, -0.2) is 9.59 Å². The monoisotopic (exact) mass is 455 g/mol. The van der Waals surface area contributed by atoms with Crippen LogP contribution in [0.15, 0.2) is 24.0 Å². The van der Waals surface area contributed by atoms with Crippen molar-refractivity contribution >= 4 is 18.0 Å². The Labute approximate surface area is 187 Å². The van der Waals surface area contributed by atoms with Gasteiger partial charge >= 0.3 is 12.1 Å². The van der Waals surface area contributed by atoms with Gasteiger partial charge in [0.15, 0.2) is 6.23 Å². The number of carbonyl (C=O) groups excluding carboxylic acids is 3. The molecule has 5 N–H and O–H groups in total. The lowest BCUT2D eigenvalue weighted by molar-refractivity contribution is -0.154. The van der Waals surface area contributed by atoms with Crippen molar-refractivity contribution in [3.8, 4) is 0 Å². The number of nitrogens with one attached hydrogen (secondary N) is 1. The number of aliphatic hydroxyl groups is 2. The molecule has 0 aromatic rings. The predicted molar refractivity (Wildman–Crippen MR) is 113 cm³/mol. The molecule has 0 unspecified atom stereocenters. The van der Waals surface area contributed by atoms with Gasteiger partial charge in [-0.05, 0) is 33.1 Å². The number of allylic oxidation sites excluding steroid dienone is 1. The highest BCUT2D eigenvalue weighted by Crippen LogP contribution is 2.27. The molecule has 1 saturated heterocycles. The third-order valence-corrected chi connectivity index (χ3v) is 4.85. The number of ether oxygens (including phenoxy) is 3. The van der Waals surface area contributed by atoms with E-state index >= 15 is 0 Å². The first-order chi connectivity index (χ1) is 14.8. The number of primary amides is 1. The number of nitrogens with zero attached hydrogens (tertiary/aromatic N) is 1. The van der Waals surface area contributed by atoms with Crippen LogP contribution in [-0.2, 0) is 23.8 Å². The number of carbonyl (C=O) groups is 3. The topological polar surface area (TPSA) is 161 Å². The summed E-state index contributed by atoms with van der Waals surface area (Å²) in [7, 11) is 0. The van der Waals surface area contributed by atoms with Gasteiger partial charge in [0.25, 0.3) is 0 Å². The van der Waals surface area contributed by atoms with Crippen molar-refractivity contribution in [3.05, 3.63) is 24.0 Å². The highest BCUT2D eigenvalue weighted by atomic mass is 16.6. The Balaban J connectivity index is 1.97. The summed E-state index contributed by atoms with van der Waals surface area (Å²) in [6, 6.07) is -0.977. The smallest absolute Gasteiger partial charge is 0.408 e. The Morgan fingerprint density at radius 2 is 1.94 bits per heavy atom. The van der Waals surface area contributed by atoms with Gasteiger partial charge < -0.3 is 40.4 Å². The van der Waals surface area contributed by atoms with Crippen LogP contribution in [0.25, 0.3) is 0 Å². The van der Waals surface area contributed by atoms with Gasteiger partial charge in [-0.15, -0.1) is 0 Å². The standard InChI is InChI=1S/C21H33N3O8/c1-11(2)14(23-20(29)32-21(3,4)5)19(28)30-10-13-15(25)16(26)18(31-13)24-8-6-7-12(9-24)17(22)27/h6,8-9,11,13-16,18,25-26H,7,10H2,1-5H3,(H2,22,27)(H,23,29)/t13-,14+,15-,16-,18-/m1/s1. The molecule has 180 valence electrons. The van der Waals surface area contributed by atoms with Crippen molar-refractivity contribution < 1.29 is 38.8 Å². The highest BCUT2D eigenvalue weighted by molar-refractivity contribution is 5.92. The fourth-order valence-corrected chi connectivity index (χ4v) is 3.20. The first-order valence-electron chi connectivity index (χ1n) is 10.4. The Bertz CT molecular complexity index is 773. The molecule has 0 radical (unpaired) electrons. The van der Waals surface area contributed by atoms with Crippen LogP contribution in [0, 0.1) is 5.92 Å². The molecule has 0 spiro atoms. The fourth-order valence-electron chi connectivity index (χ4n) is 3.20. The van der Waals surface area contributed by atoms with E-state index in [-0.39, 0.29) is 12.5 Å². The van der Waals surface area contributed by atoms with Crippen molar-refractivity contribution in [1.82, 2.24) is 10.2 Å². The number of aliphatic hydroxyl groups excluding tert-OH is 2. The molecule has 11 heteroatoms. The number of nitrogens with two attached hydrogens (primary N) is 1.